The molecule has 0 aliphatic carbocycles. The van der Waals surface area contributed by atoms with Crippen LogP contribution in [0.1, 0.15) is 36.6 Å². The fourth-order valence-corrected chi connectivity index (χ4v) is 5.20. The van der Waals surface area contributed by atoms with E-state index in [1.165, 1.54) is 0 Å². The third-order valence-corrected chi connectivity index (χ3v) is 6.96. The number of carbonyl (C=O) groups is 2. The molecular weight excluding hydrogens is 460 g/mol. The third-order valence-electron chi connectivity index (χ3n) is 6.96. The van der Waals surface area contributed by atoms with Crippen molar-refractivity contribution >= 4 is 17.4 Å². The summed E-state index contributed by atoms with van der Waals surface area (Å²) in [7, 11) is 0. The van der Waals surface area contributed by atoms with Gasteiger partial charge in [0.05, 0.1) is 31.4 Å². The van der Waals surface area contributed by atoms with E-state index in [0.717, 1.165) is 36.4 Å². The van der Waals surface area contributed by atoms with E-state index < -0.39 is 17.7 Å². The molecule has 0 radical (unpaired) electrons. The number of morpholine rings is 1. The lowest BCUT2D eigenvalue weighted by atomic mass is 9.94. The van der Waals surface area contributed by atoms with Gasteiger partial charge in [-0.3, -0.25) is 14.5 Å². The van der Waals surface area contributed by atoms with Crippen molar-refractivity contribution in [3.63, 3.8) is 0 Å². The number of ketones is 1. The average molecular weight is 493 g/mol. The molecule has 36 heavy (non-hydrogen) atoms. The second-order valence-electron chi connectivity index (χ2n) is 9.41. The van der Waals surface area contributed by atoms with E-state index in [2.05, 4.69) is 4.90 Å². The van der Waals surface area contributed by atoms with Gasteiger partial charge in [-0.25, -0.2) is 0 Å². The van der Waals surface area contributed by atoms with Gasteiger partial charge < -0.3 is 24.2 Å². The Morgan fingerprint density at radius 1 is 1.11 bits per heavy atom. The SMILES string of the molecule is CCOc1cccc(C2/C(=C(/O)c3ccc4c(c3)CC(C)O4)C(=O)C(=O)N2CCN2CCOCC2)c1. The van der Waals surface area contributed by atoms with Crippen molar-refractivity contribution in [2.45, 2.75) is 32.4 Å². The van der Waals surface area contributed by atoms with Gasteiger partial charge in [-0.2, -0.15) is 0 Å². The fraction of sp³-hybridized carbons (Fsp3) is 0.429. The maximum Gasteiger partial charge on any atom is 0.295 e. The molecule has 5 rings (SSSR count). The van der Waals surface area contributed by atoms with Crippen LogP contribution in [0.2, 0.25) is 0 Å². The molecule has 1 N–H and O–H groups in total. The molecule has 8 heteroatoms. The summed E-state index contributed by atoms with van der Waals surface area (Å²) >= 11 is 0. The van der Waals surface area contributed by atoms with Gasteiger partial charge in [0.1, 0.15) is 23.4 Å². The zero-order valence-electron chi connectivity index (χ0n) is 20.7. The average Bonchev–Trinajstić information content (AvgIpc) is 3.38. The lowest BCUT2D eigenvalue weighted by Gasteiger charge is -2.31. The number of carbonyl (C=O) groups excluding carboxylic acids is 2. The van der Waals surface area contributed by atoms with E-state index in [9.17, 15) is 14.7 Å². The Morgan fingerprint density at radius 2 is 1.92 bits per heavy atom. The van der Waals surface area contributed by atoms with Gasteiger partial charge in [-0.1, -0.05) is 12.1 Å². The predicted molar refractivity (Wildman–Crippen MR) is 134 cm³/mol. The van der Waals surface area contributed by atoms with E-state index in [-0.39, 0.29) is 17.4 Å². The third kappa shape index (κ3) is 4.70. The van der Waals surface area contributed by atoms with Gasteiger partial charge in [-0.15, -0.1) is 0 Å². The minimum atomic E-state index is -0.713. The number of hydrogen-bond donors (Lipinski definition) is 1. The predicted octanol–water partition coefficient (Wildman–Crippen LogP) is 3.16. The molecule has 3 aliphatic heterocycles. The fourth-order valence-electron chi connectivity index (χ4n) is 5.20. The molecule has 2 aromatic rings. The molecule has 0 bridgehead atoms. The van der Waals surface area contributed by atoms with Crippen LogP contribution in [0.25, 0.3) is 5.76 Å². The van der Waals surface area contributed by atoms with Crippen molar-refractivity contribution in [1.29, 1.82) is 0 Å². The highest BCUT2D eigenvalue weighted by atomic mass is 16.5. The molecule has 8 nitrogen and oxygen atoms in total. The quantitative estimate of drug-likeness (QED) is 0.361. The number of nitrogens with zero attached hydrogens (tertiary/aromatic N) is 2. The second-order valence-corrected chi connectivity index (χ2v) is 9.41. The van der Waals surface area contributed by atoms with Gasteiger partial charge in [0, 0.05) is 38.2 Å². The molecule has 1 amide bonds. The zero-order valence-corrected chi connectivity index (χ0v) is 20.7. The molecule has 2 unspecified atom stereocenters. The van der Waals surface area contributed by atoms with Crippen molar-refractivity contribution in [2.24, 2.45) is 0 Å². The van der Waals surface area contributed by atoms with Gasteiger partial charge in [0.25, 0.3) is 11.7 Å². The number of amides is 1. The van der Waals surface area contributed by atoms with E-state index in [0.29, 0.717) is 44.2 Å². The Bertz CT molecular complexity index is 1190. The first-order chi connectivity index (χ1) is 17.5. The molecule has 2 aromatic carbocycles. The number of aliphatic hydroxyl groups excluding tert-OH is 1. The van der Waals surface area contributed by atoms with Gasteiger partial charge in [0.2, 0.25) is 0 Å². The van der Waals surface area contributed by atoms with Crippen LogP contribution < -0.4 is 9.47 Å². The summed E-state index contributed by atoms with van der Waals surface area (Å²) in [5.41, 5.74) is 2.30. The molecule has 3 aliphatic rings. The summed E-state index contributed by atoms with van der Waals surface area (Å²) in [6.45, 7) is 8.24. The van der Waals surface area contributed by atoms with Crippen LogP contribution in [-0.4, -0.2) is 78.7 Å². The van der Waals surface area contributed by atoms with E-state index >= 15 is 0 Å². The second kappa shape index (κ2) is 10.3. The number of Topliss-reactive ketones (excluding diaryl/α,β-unsaturated/α-hetero) is 1. The molecule has 2 fully saturated rings. The summed E-state index contributed by atoms with van der Waals surface area (Å²) < 4.78 is 16.9. The van der Waals surface area contributed by atoms with Crippen LogP contribution in [0, 0.1) is 0 Å². The molecular formula is C28H32N2O6. The number of aliphatic hydroxyl groups is 1. The first-order valence-electron chi connectivity index (χ1n) is 12.6. The molecule has 0 spiro atoms. The highest BCUT2D eigenvalue weighted by Crippen LogP contribution is 2.41. The summed E-state index contributed by atoms with van der Waals surface area (Å²) in [4.78, 5) is 30.4. The van der Waals surface area contributed by atoms with Gasteiger partial charge in [-0.05, 0) is 55.3 Å². The monoisotopic (exact) mass is 492 g/mol. The number of ether oxygens (including phenoxy) is 3. The molecule has 3 heterocycles. The van der Waals surface area contributed by atoms with Crippen LogP contribution in [0.4, 0.5) is 0 Å². The Hall–Kier alpha value is -3.36. The smallest absolute Gasteiger partial charge is 0.295 e. The summed E-state index contributed by atoms with van der Waals surface area (Å²) in [6.07, 6.45) is 0.786. The Labute approximate surface area is 211 Å². The number of benzene rings is 2. The Morgan fingerprint density at radius 3 is 2.69 bits per heavy atom. The van der Waals surface area contributed by atoms with E-state index in [4.69, 9.17) is 14.2 Å². The Kier molecular flexibility index (Phi) is 6.98. The van der Waals surface area contributed by atoms with Crippen LogP contribution >= 0.6 is 0 Å². The van der Waals surface area contributed by atoms with Crippen LogP contribution in [0.3, 0.4) is 0 Å². The molecule has 2 atom stereocenters. The van der Waals surface area contributed by atoms with Crippen LogP contribution in [-0.2, 0) is 20.7 Å². The van der Waals surface area contributed by atoms with Crippen molar-refractivity contribution in [1.82, 2.24) is 9.80 Å². The lowest BCUT2D eigenvalue weighted by molar-refractivity contribution is -0.140. The zero-order chi connectivity index (χ0) is 25.2. The molecule has 0 saturated carbocycles. The van der Waals surface area contributed by atoms with Gasteiger partial charge >= 0.3 is 0 Å². The van der Waals surface area contributed by atoms with Crippen molar-refractivity contribution in [3.05, 3.63) is 64.7 Å². The number of hydrogen-bond acceptors (Lipinski definition) is 7. The molecule has 2 saturated heterocycles. The highest BCUT2D eigenvalue weighted by molar-refractivity contribution is 6.46. The van der Waals surface area contributed by atoms with E-state index in [1.807, 2.05) is 50.2 Å². The van der Waals surface area contributed by atoms with Gasteiger partial charge in [0.15, 0.2) is 0 Å². The summed E-state index contributed by atoms with van der Waals surface area (Å²) in [6, 6.07) is 12.1. The topological polar surface area (TPSA) is 88.5 Å². The number of fused-ring (bicyclic) bond motifs is 1. The maximum absolute atomic E-state index is 13.4. The first kappa shape index (κ1) is 24.3. The summed E-state index contributed by atoms with van der Waals surface area (Å²) in [5.74, 6) is -0.0130. The number of rotatable bonds is 7. The van der Waals surface area contributed by atoms with Crippen molar-refractivity contribution in [2.75, 3.05) is 46.0 Å². The Balaban J connectivity index is 1.54. The minimum absolute atomic E-state index is 0.0597. The highest BCUT2D eigenvalue weighted by Gasteiger charge is 2.46. The molecule has 190 valence electrons. The van der Waals surface area contributed by atoms with E-state index in [1.54, 1.807) is 11.0 Å². The minimum Gasteiger partial charge on any atom is -0.507 e. The maximum atomic E-state index is 13.4. The van der Waals surface area contributed by atoms with Crippen molar-refractivity contribution < 1.29 is 28.9 Å². The lowest BCUT2D eigenvalue weighted by Crippen LogP contribution is -2.42. The largest absolute Gasteiger partial charge is 0.507 e. The normalized spacial score (nSPS) is 23.6. The van der Waals surface area contributed by atoms with Crippen LogP contribution in [0.15, 0.2) is 48.0 Å². The first-order valence-corrected chi connectivity index (χ1v) is 12.6. The standard InChI is InChI=1S/C28H32N2O6/c1-3-35-22-6-4-5-19(17-22)25-24(26(31)20-7-8-23-21(16-20)15-18(2)36-23)27(32)28(33)30(25)10-9-29-11-13-34-14-12-29/h4-8,16-18,25,31H,3,9-15H2,1-2H3/b26-24-. The number of likely N-dealkylation sites (tertiary alicyclic amines) is 1. The summed E-state index contributed by atoms with van der Waals surface area (Å²) in [5, 5.41) is 11.4. The molecule has 0 aromatic heterocycles. The van der Waals surface area contributed by atoms with Crippen molar-refractivity contribution in [3.8, 4) is 11.5 Å². The van der Waals surface area contributed by atoms with Crippen LogP contribution in [0.5, 0.6) is 11.5 Å².